The van der Waals surface area contributed by atoms with Crippen molar-refractivity contribution in [2.45, 2.75) is 19.9 Å². The van der Waals surface area contributed by atoms with E-state index in [0.717, 1.165) is 32.7 Å². The van der Waals surface area contributed by atoms with Gasteiger partial charge in [0.2, 0.25) is 0 Å². The number of thiazole rings is 1. The topological polar surface area (TPSA) is 70.8 Å². The zero-order valence-electron chi connectivity index (χ0n) is 14.3. The maximum atomic E-state index is 8.84. The van der Waals surface area contributed by atoms with Gasteiger partial charge in [-0.2, -0.15) is 5.26 Å². The number of anilines is 1. The van der Waals surface area contributed by atoms with Crippen molar-refractivity contribution in [2.75, 3.05) is 12.4 Å². The van der Waals surface area contributed by atoms with E-state index in [1.807, 2.05) is 37.3 Å². The van der Waals surface area contributed by atoms with E-state index in [2.05, 4.69) is 23.3 Å². The van der Waals surface area contributed by atoms with Crippen molar-refractivity contribution in [1.29, 1.82) is 5.26 Å². The van der Waals surface area contributed by atoms with E-state index in [-0.39, 0.29) is 6.04 Å². The third kappa shape index (κ3) is 3.78. The fourth-order valence-electron chi connectivity index (χ4n) is 2.50. The molecule has 3 rings (SSSR count). The minimum absolute atomic E-state index is 0.0740. The standard InChI is InChI=1S/C19H18N4OS/c1-12(22-17-9-4-14(10-20)11-21-17)18-13(2)23-19(25-18)15-5-7-16(24-3)8-6-15/h4-9,11-12H,1-3H3,(H,21,22). The summed E-state index contributed by atoms with van der Waals surface area (Å²) in [5.74, 6) is 1.57. The molecule has 0 bridgehead atoms. The second kappa shape index (κ2) is 7.32. The third-order valence-corrected chi connectivity index (χ3v) is 5.21. The highest BCUT2D eigenvalue weighted by atomic mass is 32.1. The number of pyridine rings is 1. The number of benzene rings is 1. The highest BCUT2D eigenvalue weighted by molar-refractivity contribution is 7.15. The van der Waals surface area contributed by atoms with E-state index in [0.29, 0.717) is 5.56 Å². The lowest BCUT2D eigenvalue weighted by molar-refractivity contribution is 0.415. The summed E-state index contributed by atoms with van der Waals surface area (Å²) in [6.45, 7) is 4.10. The molecule has 2 heterocycles. The molecule has 1 aromatic carbocycles. The molecule has 1 atom stereocenters. The van der Waals surface area contributed by atoms with Gasteiger partial charge in [0.1, 0.15) is 22.6 Å². The fourth-order valence-corrected chi connectivity index (χ4v) is 3.57. The molecule has 0 aliphatic heterocycles. The number of hydrogen-bond donors (Lipinski definition) is 1. The van der Waals surface area contributed by atoms with E-state index in [4.69, 9.17) is 15.0 Å². The molecule has 0 aliphatic rings. The minimum Gasteiger partial charge on any atom is -0.497 e. The summed E-state index contributed by atoms with van der Waals surface area (Å²) in [6.07, 6.45) is 1.57. The number of nitriles is 1. The Bertz CT molecular complexity index is 895. The lowest BCUT2D eigenvalue weighted by Crippen LogP contribution is -2.07. The van der Waals surface area contributed by atoms with Crippen LogP contribution in [0, 0.1) is 18.3 Å². The van der Waals surface area contributed by atoms with E-state index < -0.39 is 0 Å². The van der Waals surface area contributed by atoms with Crippen LogP contribution in [0.4, 0.5) is 5.82 Å². The van der Waals surface area contributed by atoms with Crippen molar-refractivity contribution in [3.63, 3.8) is 0 Å². The number of nitrogens with zero attached hydrogens (tertiary/aromatic N) is 3. The number of aryl methyl sites for hydroxylation is 1. The number of ether oxygens (including phenoxy) is 1. The van der Waals surface area contributed by atoms with Crippen LogP contribution in [-0.4, -0.2) is 17.1 Å². The van der Waals surface area contributed by atoms with E-state index in [1.54, 1.807) is 30.7 Å². The predicted octanol–water partition coefficient (Wildman–Crippen LogP) is 4.57. The largest absolute Gasteiger partial charge is 0.497 e. The van der Waals surface area contributed by atoms with Crippen LogP contribution in [0.5, 0.6) is 5.75 Å². The third-order valence-electron chi connectivity index (χ3n) is 3.82. The van der Waals surface area contributed by atoms with Crippen LogP contribution < -0.4 is 10.1 Å². The number of methoxy groups -OCH3 is 1. The Hall–Kier alpha value is -2.91. The normalized spacial score (nSPS) is 11.6. The highest BCUT2D eigenvalue weighted by Crippen LogP contribution is 2.33. The molecule has 0 radical (unpaired) electrons. The first-order valence-electron chi connectivity index (χ1n) is 7.85. The van der Waals surface area contributed by atoms with Crippen molar-refractivity contribution in [3.8, 4) is 22.4 Å². The molecule has 0 aliphatic carbocycles. The molecule has 1 N–H and O–H groups in total. The van der Waals surface area contributed by atoms with Gasteiger partial charge in [-0.1, -0.05) is 0 Å². The molecule has 0 fully saturated rings. The Labute approximate surface area is 151 Å². The van der Waals surface area contributed by atoms with Crippen molar-refractivity contribution in [3.05, 3.63) is 58.7 Å². The van der Waals surface area contributed by atoms with Gasteiger partial charge in [0.25, 0.3) is 0 Å². The minimum atomic E-state index is 0.0740. The number of nitrogens with one attached hydrogen (secondary N) is 1. The van der Waals surface area contributed by atoms with Crippen LogP contribution >= 0.6 is 11.3 Å². The second-order valence-electron chi connectivity index (χ2n) is 5.61. The Morgan fingerprint density at radius 1 is 1.20 bits per heavy atom. The molecule has 5 nitrogen and oxygen atoms in total. The van der Waals surface area contributed by atoms with E-state index in [9.17, 15) is 0 Å². The van der Waals surface area contributed by atoms with E-state index >= 15 is 0 Å². The quantitative estimate of drug-likeness (QED) is 0.730. The summed E-state index contributed by atoms with van der Waals surface area (Å²) in [7, 11) is 1.66. The van der Waals surface area contributed by atoms with Gasteiger partial charge in [-0.05, 0) is 50.2 Å². The van der Waals surface area contributed by atoms with Gasteiger partial charge in [-0.25, -0.2) is 9.97 Å². The van der Waals surface area contributed by atoms with Crippen LogP contribution in [0.2, 0.25) is 0 Å². The molecule has 0 amide bonds. The maximum absolute atomic E-state index is 8.84. The molecule has 126 valence electrons. The molecular formula is C19H18N4OS. The summed E-state index contributed by atoms with van der Waals surface area (Å²) >= 11 is 1.67. The number of aromatic nitrogens is 2. The van der Waals surface area contributed by atoms with Gasteiger partial charge in [0.05, 0.1) is 24.4 Å². The Kier molecular flexibility index (Phi) is 4.96. The summed E-state index contributed by atoms with van der Waals surface area (Å²) in [5, 5.41) is 13.2. The molecule has 0 saturated carbocycles. The van der Waals surface area contributed by atoms with Gasteiger partial charge >= 0.3 is 0 Å². The molecule has 25 heavy (non-hydrogen) atoms. The zero-order chi connectivity index (χ0) is 17.8. The zero-order valence-corrected chi connectivity index (χ0v) is 15.1. The van der Waals surface area contributed by atoms with Gasteiger partial charge < -0.3 is 10.1 Å². The highest BCUT2D eigenvalue weighted by Gasteiger charge is 2.16. The Morgan fingerprint density at radius 2 is 1.96 bits per heavy atom. The SMILES string of the molecule is COc1ccc(-c2nc(C)c(C(C)Nc3ccc(C#N)cn3)s2)cc1. The second-order valence-corrected chi connectivity index (χ2v) is 6.64. The van der Waals surface area contributed by atoms with Gasteiger partial charge in [0, 0.05) is 16.6 Å². The average Bonchev–Trinajstić information content (AvgIpc) is 3.04. The van der Waals surface area contributed by atoms with Crippen molar-refractivity contribution in [2.24, 2.45) is 0 Å². The lowest BCUT2D eigenvalue weighted by Gasteiger charge is -2.13. The van der Waals surface area contributed by atoms with Crippen molar-refractivity contribution >= 4 is 17.2 Å². The van der Waals surface area contributed by atoms with Crippen LogP contribution in [0.1, 0.15) is 29.1 Å². The molecule has 0 saturated heterocycles. The van der Waals surface area contributed by atoms with Crippen LogP contribution in [0.25, 0.3) is 10.6 Å². The monoisotopic (exact) mass is 350 g/mol. The van der Waals surface area contributed by atoms with E-state index in [1.165, 1.54) is 0 Å². The molecular weight excluding hydrogens is 332 g/mol. The average molecular weight is 350 g/mol. The first-order valence-corrected chi connectivity index (χ1v) is 8.67. The summed E-state index contributed by atoms with van der Waals surface area (Å²) in [4.78, 5) is 10.1. The predicted molar refractivity (Wildman–Crippen MR) is 99.8 cm³/mol. The molecule has 1 unspecified atom stereocenters. The summed E-state index contributed by atoms with van der Waals surface area (Å²) < 4.78 is 5.20. The van der Waals surface area contributed by atoms with Crippen LogP contribution in [-0.2, 0) is 0 Å². The first kappa shape index (κ1) is 16.9. The van der Waals surface area contributed by atoms with Crippen molar-refractivity contribution < 1.29 is 4.74 Å². The van der Waals surface area contributed by atoms with Gasteiger partial charge in [0.15, 0.2) is 0 Å². The molecule has 2 aromatic heterocycles. The van der Waals surface area contributed by atoms with Gasteiger partial charge in [-0.3, -0.25) is 0 Å². The van der Waals surface area contributed by atoms with Crippen LogP contribution in [0.15, 0.2) is 42.6 Å². The van der Waals surface area contributed by atoms with Gasteiger partial charge in [-0.15, -0.1) is 11.3 Å². The Balaban J connectivity index is 1.79. The number of rotatable bonds is 5. The lowest BCUT2D eigenvalue weighted by atomic mass is 10.2. The summed E-state index contributed by atoms with van der Waals surface area (Å²) in [6, 6.07) is 13.6. The fraction of sp³-hybridized carbons (Fsp3) is 0.211. The smallest absolute Gasteiger partial charge is 0.126 e. The summed E-state index contributed by atoms with van der Waals surface area (Å²) in [5.41, 5.74) is 2.63. The molecule has 3 aromatic rings. The maximum Gasteiger partial charge on any atom is 0.126 e. The van der Waals surface area contributed by atoms with Crippen LogP contribution in [0.3, 0.4) is 0 Å². The number of hydrogen-bond acceptors (Lipinski definition) is 6. The molecule has 6 heteroatoms. The first-order chi connectivity index (χ1) is 12.1. The Morgan fingerprint density at radius 3 is 2.56 bits per heavy atom. The van der Waals surface area contributed by atoms with Crippen molar-refractivity contribution in [1.82, 2.24) is 9.97 Å². The molecule has 0 spiro atoms.